The summed E-state index contributed by atoms with van der Waals surface area (Å²) >= 11 is 1.39. The largest absolute Gasteiger partial charge is 0.497 e. The van der Waals surface area contributed by atoms with Crippen LogP contribution in [0, 0.1) is 0 Å². The Morgan fingerprint density at radius 2 is 1.91 bits per heavy atom. The molecule has 7 N–H and O–H groups in total. The lowest BCUT2D eigenvalue weighted by Crippen LogP contribution is -2.64. The SMILES string of the molecule is COc1ccc(C[C@H](NC(=O)[C@@]2(O)C[C@@H](O)[C@H](O)[C@@H](NC(=O)Cc3cccs3)C2)C(N)=O)cc1. The second kappa shape index (κ2) is 11.0. The van der Waals surface area contributed by atoms with Crippen molar-refractivity contribution in [2.75, 3.05) is 7.11 Å². The molecule has 5 atom stereocenters. The van der Waals surface area contributed by atoms with Crippen LogP contribution in [0.3, 0.4) is 0 Å². The monoisotopic (exact) mass is 491 g/mol. The molecule has 2 aromatic rings. The Balaban J connectivity index is 1.67. The standard InChI is InChI=1S/C23H29N3O7S/c1-33-14-6-4-13(5-7-14)9-16(21(24)30)26-22(31)23(32)11-17(20(29)18(27)12-23)25-19(28)10-15-3-2-8-34-15/h2-8,16-18,20,27,29,32H,9-12H2,1H3,(H2,24,30)(H,25,28)(H,26,31)/t16-,17-,18+,20+,23-/m0/s1. The number of aliphatic hydroxyl groups is 3. The number of ether oxygens (including phenoxy) is 1. The maximum atomic E-state index is 13.0. The van der Waals surface area contributed by atoms with E-state index in [0.717, 1.165) is 4.88 Å². The van der Waals surface area contributed by atoms with E-state index in [4.69, 9.17) is 10.5 Å². The van der Waals surface area contributed by atoms with Crippen LogP contribution in [-0.4, -0.2) is 70.0 Å². The van der Waals surface area contributed by atoms with Gasteiger partial charge in [0.15, 0.2) is 0 Å². The molecule has 0 bridgehead atoms. The highest BCUT2D eigenvalue weighted by molar-refractivity contribution is 7.10. The molecule has 1 aliphatic rings. The van der Waals surface area contributed by atoms with E-state index >= 15 is 0 Å². The van der Waals surface area contributed by atoms with Crippen LogP contribution < -0.4 is 21.1 Å². The molecule has 1 saturated carbocycles. The third-order valence-electron chi connectivity index (χ3n) is 5.84. The summed E-state index contributed by atoms with van der Waals surface area (Å²) in [5, 5.41) is 38.5. The Bertz CT molecular complexity index is 999. The van der Waals surface area contributed by atoms with Crippen LogP contribution in [0.15, 0.2) is 41.8 Å². The number of nitrogens with one attached hydrogen (secondary N) is 2. The lowest BCUT2D eigenvalue weighted by atomic mass is 9.77. The minimum atomic E-state index is -2.13. The van der Waals surface area contributed by atoms with Crippen molar-refractivity contribution in [1.82, 2.24) is 10.6 Å². The second-order valence-electron chi connectivity index (χ2n) is 8.41. The maximum Gasteiger partial charge on any atom is 0.252 e. The molecule has 184 valence electrons. The van der Waals surface area contributed by atoms with Crippen LogP contribution in [0.5, 0.6) is 5.75 Å². The van der Waals surface area contributed by atoms with Gasteiger partial charge in [-0.15, -0.1) is 11.3 Å². The van der Waals surface area contributed by atoms with Crippen LogP contribution >= 0.6 is 11.3 Å². The zero-order valence-electron chi connectivity index (χ0n) is 18.6. The number of carbonyl (C=O) groups is 3. The lowest BCUT2D eigenvalue weighted by Gasteiger charge is -2.41. The normalized spacial score (nSPS) is 25.2. The number of aliphatic hydroxyl groups excluding tert-OH is 2. The number of rotatable bonds is 9. The molecule has 34 heavy (non-hydrogen) atoms. The predicted octanol–water partition coefficient (Wildman–Crippen LogP) is -0.756. The number of benzene rings is 1. The third kappa shape index (κ3) is 6.32. The summed E-state index contributed by atoms with van der Waals surface area (Å²) in [4.78, 5) is 38.1. The molecule has 3 amide bonds. The van der Waals surface area contributed by atoms with E-state index in [1.54, 1.807) is 36.4 Å². The molecular weight excluding hydrogens is 462 g/mol. The number of carbonyl (C=O) groups excluding carboxylic acids is 3. The summed E-state index contributed by atoms with van der Waals surface area (Å²) < 4.78 is 5.10. The fourth-order valence-electron chi connectivity index (χ4n) is 3.97. The van der Waals surface area contributed by atoms with Gasteiger partial charge in [0.1, 0.15) is 23.5 Å². The summed E-state index contributed by atoms with van der Waals surface area (Å²) in [5.74, 6) is -1.52. The van der Waals surface area contributed by atoms with Gasteiger partial charge in [-0.2, -0.15) is 0 Å². The Hall–Kier alpha value is -2.99. The molecular formula is C23H29N3O7S. The van der Waals surface area contributed by atoms with E-state index in [1.165, 1.54) is 18.4 Å². The van der Waals surface area contributed by atoms with Crippen LogP contribution in [0.2, 0.25) is 0 Å². The van der Waals surface area contributed by atoms with Gasteiger partial charge < -0.3 is 36.4 Å². The maximum absolute atomic E-state index is 13.0. The fraction of sp³-hybridized carbons (Fsp3) is 0.435. The van der Waals surface area contributed by atoms with Gasteiger partial charge in [0, 0.05) is 24.1 Å². The Morgan fingerprint density at radius 3 is 2.50 bits per heavy atom. The van der Waals surface area contributed by atoms with Crippen molar-refractivity contribution in [2.24, 2.45) is 5.73 Å². The molecule has 11 heteroatoms. The Labute approximate surface area is 200 Å². The summed E-state index contributed by atoms with van der Waals surface area (Å²) in [6, 6.07) is 8.23. The Kier molecular flexibility index (Phi) is 8.26. The van der Waals surface area contributed by atoms with Gasteiger partial charge in [-0.3, -0.25) is 14.4 Å². The molecule has 1 aromatic heterocycles. The smallest absolute Gasteiger partial charge is 0.252 e. The minimum Gasteiger partial charge on any atom is -0.497 e. The number of amides is 3. The van der Waals surface area contributed by atoms with E-state index in [2.05, 4.69) is 10.6 Å². The summed E-state index contributed by atoms with van der Waals surface area (Å²) in [6.07, 6.45) is -3.51. The minimum absolute atomic E-state index is 0.0627. The first-order valence-electron chi connectivity index (χ1n) is 10.7. The van der Waals surface area contributed by atoms with E-state index < -0.39 is 54.0 Å². The average molecular weight is 492 g/mol. The van der Waals surface area contributed by atoms with Gasteiger partial charge in [0.25, 0.3) is 5.91 Å². The van der Waals surface area contributed by atoms with Crippen LogP contribution in [-0.2, 0) is 27.2 Å². The number of thiophene rings is 1. The summed E-state index contributed by atoms with van der Waals surface area (Å²) in [5.41, 5.74) is 4.03. The van der Waals surface area contributed by atoms with Crippen molar-refractivity contribution in [1.29, 1.82) is 0 Å². The summed E-state index contributed by atoms with van der Waals surface area (Å²) in [6.45, 7) is 0. The number of hydrogen-bond acceptors (Lipinski definition) is 8. The van der Waals surface area contributed by atoms with E-state index in [-0.39, 0.29) is 19.3 Å². The van der Waals surface area contributed by atoms with Crippen molar-refractivity contribution < 1.29 is 34.4 Å². The van der Waals surface area contributed by atoms with Crippen molar-refractivity contribution >= 4 is 29.1 Å². The first-order chi connectivity index (χ1) is 16.1. The van der Waals surface area contributed by atoms with Gasteiger partial charge in [-0.1, -0.05) is 18.2 Å². The average Bonchev–Trinajstić information content (AvgIpc) is 3.30. The highest BCUT2D eigenvalue weighted by Crippen LogP contribution is 2.30. The quantitative estimate of drug-likeness (QED) is 0.268. The van der Waals surface area contributed by atoms with E-state index in [1.807, 2.05) is 5.38 Å². The molecule has 0 aliphatic heterocycles. The van der Waals surface area contributed by atoms with Gasteiger partial charge >= 0.3 is 0 Å². The first kappa shape index (κ1) is 25.6. The van der Waals surface area contributed by atoms with E-state index in [9.17, 15) is 29.7 Å². The number of methoxy groups -OCH3 is 1. The highest BCUT2D eigenvalue weighted by Gasteiger charge is 2.49. The molecule has 0 radical (unpaired) electrons. The van der Waals surface area contributed by atoms with Crippen LogP contribution in [0.4, 0.5) is 0 Å². The molecule has 0 saturated heterocycles. The molecule has 3 rings (SSSR count). The van der Waals surface area contributed by atoms with Crippen LogP contribution in [0.1, 0.15) is 23.3 Å². The zero-order chi connectivity index (χ0) is 24.9. The molecule has 0 unspecified atom stereocenters. The van der Waals surface area contributed by atoms with Gasteiger partial charge in [0.05, 0.1) is 25.7 Å². The fourth-order valence-corrected chi connectivity index (χ4v) is 4.67. The first-order valence-corrected chi connectivity index (χ1v) is 11.6. The van der Waals surface area contributed by atoms with Crippen LogP contribution in [0.25, 0.3) is 0 Å². The number of hydrogen-bond donors (Lipinski definition) is 6. The van der Waals surface area contributed by atoms with Gasteiger partial charge in [-0.25, -0.2) is 0 Å². The predicted molar refractivity (Wildman–Crippen MR) is 124 cm³/mol. The number of primary amides is 1. The molecule has 1 aliphatic carbocycles. The Morgan fingerprint density at radius 1 is 1.21 bits per heavy atom. The van der Waals surface area contributed by atoms with Gasteiger partial charge in [-0.05, 0) is 29.1 Å². The highest BCUT2D eigenvalue weighted by atomic mass is 32.1. The molecule has 1 fully saturated rings. The second-order valence-corrected chi connectivity index (χ2v) is 9.44. The van der Waals surface area contributed by atoms with Crippen molar-refractivity contribution in [3.8, 4) is 5.75 Å². The summed E-state index contributed by atoms with van der Waals surface area (Å²) in [7, 11) is 1.52. The van der Waals surface area contributed by atoms with Crippen molar-refractivity contribution in [2.45, 2.75) is 55.6 Å². The molecule has 1 aromatic carbocycles. The van der Waals surface area contributed by atoms with E-state index in [0.29, 0.717) is 11.3 Å². The zero-order valence-corrected chi connectivity index (χ0v) is 19.5. The third-order valence-corrected chi connectivity index (χ3v) is 6.72. The van der Waals surface area contributed by atoms with Crippen molar-refractivity contribution in [3.05, 3.63) is 52.2 Å². The van der Waals surface area contributed by atoms with Crippen molar-refractivity contribution in [3.63, 3.8) is 0 Å². The molecule has 1 heterocycles. The topological polar surface area (TPSA) is 171 Å². The number of nitrogens with two attached hydrogens (primary N) is 1. The molecule has 10 nitrogen and oxygen atoms in total. The van der Waals surface area contributed by atoms with Gasteiger partial charge in [0.2, 0.25) is 11.8 Å². The lowest BCUT2D eigenvalue weighted by molar-refractivity contribution is -0.160. The molecule has 0 spiro atoms.